The van der Waals surface area contributed by atoms with Crippen LogP contribution >= 0.6 is 0 Å². The van der Waals surface area contributed by atoms with Crippen molar-refractivity contribution in [1.82, 2.24) is 15.1 Å². The third-order valence-electron chi connectivity index (χ3n) is 6.93. The van der Waals surface area contributed by atoms with E-state index in [-0.39, 0.29) is 6.54 Å². The largest absolute Gasteiger partial charge is 0.367 e. The molecular formula is C27H29N5O3. The predicted octanol–water partition coefficient (Wildman–Crippen LogP) is 3.00. The maximum atomic E-state index is 13.4. The van der Waals surface area contributed by atoms with Gasteiger partial charge in [0.2, 0.25) is 5.91 Å². The Kier molecular flexibility index (Phi) is 5.90. The maximum Gasteiger partial charge on any atom is 0.325 e. The number of hydrogen-bond donors (Lipinski definition) is 2. The zero-order valence-corrected chi connectivity index (χ0v) is 20.0. The van der Waals surface area contributed by atoms with Crippen LogP contribution in [0.4, 0.5) is 16.2 Å². The molecule has 35 heavy (non-hydrogen) atoms. The van der Waals surface area contributed by atoms with Crippen LogP contribution < -0.4 is 15.5 Å². The molecule has 0 radical (unpaired) electrons. The summed E-state index contributed by atoms with van der Waals surface area (Å²) in [6.07, 6.45) is 0. The van der Waals surface area contributed by atoms with Gasteiger partial charge in [-0.15, -0.1) is 0 Å². The second kappa shape index (κ2) is 9.03. The van der Waals surface area contributed by atoms with Gasteiger partial charge in [0.05, 0.1) is 11.4 Å². The number of nitrogens with one attached hydrogen (secondary N) is 2. The number of fused-ring (bicyclic) bond motifs is 1. The van der Waals surface area contributed by atoms with Gasteiger partial charge in [-0.3, -0.25) is 14.5 Å². The van der Waals surface area contributed by atoms with Crippen molar-refractivity contribution in [2.75, 3.05) is 50.0 Å². The van der Waals surface area contributed by atoms with Crippen molar-refractivity contribution < 1.29 is 14.4 Å². The van der Waals surface area contributed by atoms with Crippen molar-refractivity contribution in [1.29, 1.82) is 0 Å². The zero-order chi connectivity index (χ0) is 24.6. The lowest BCUT2D eigenvalue weighted by Gasteiger charge is -2.35. The van der Waals surface area contributed by atoms with Crippen LogP contribution in [0, 0.1) is 0 Å². The van der Waals surface area contributed by atoms with Gasteiger partial charge in [-0.1, -0.05) is 48.5 Å². The fraction of sp³-hybridized carbons (Fsp3) is 0.296. The van der Waals surface area contributed by atoms with E-state index in [0.29, 0.717) is 11.3 Å². The summed E-state index contributed by atoms with van der Waals surface area (Å²) in [5.41, 5.74) is 1.05. The highest BCUT2D eigenvalue weighted by atomic mass is 16.2. The number of para-hydroxylation sites is 2. The molecule has 2 aliphatic rings. The lowest BCUT2D eigenvalue weighted by atomic mass is 9.90. The molecule has 2 saturated heterocycles. The van der Waals surface area contributed by atoms with E-state index >= 15 is 0 Å². The minimum Gasteiger partial charge on any atom is -0.367 e. The van der Waals surface area contributed by atoms with Gasteiger partial charge in [-0.05, 0) is 48.5 Å². The number of urea groups is 1. The van der Waals surface area contributed by atoms with E-state index in [4.69, 9.17) is 0 Å². The lowest BCUT2D eigenvalue weighted by molar-refractivity contribution is -0.133. The fourth-order valence-corrected chi connectivity index (χ4v) is 4.77. The van der Waals surface area contributed by atoms with E-state index in [1.54, 1.807) is 6.92 Å². The van der Waals surface area contributed by atoms with Crippen molar-refractivity contribution in [2.45, 2.75) is 12.5 Å². The second-order valence-electron chi connectivity index (χ2n) is 9.36. The van der Waals surface area contributed by atoms with E-state index in [9.17, 15) is 14.4 Å². The summed E-state index contributed by atoms with van der Waals surface area (Å²) in [4.78, 5) is 44.6. The van der Waals surface area contributed by atoms with Gasteiger partial charge in [0.15, 0.2) is 0 Å². The molecule has 1 unspecified atom stereocenters. The molecule has 4 amide bonds. The fourth-order valence-electron chi connectivity index (χ4n) is 4.77. The molecule has 1 atom stereocenters. The third kappa shape index (κ3) is 4.33. The van der Waals surface area contributed by atoms with Crippen LogP contribution in [-0.4, -0.2) is 67.4 Å². The molecule has 0 bridgehead atoms. The van der Waals surface area contributed by atoms with Gasteiger partial charge < -0.3 is 20.4 Å². The number of nitrogens with zero attached hydrogens (tertiary/aromatic N) is 3. The molecule has 0 aliphatic carbocycles. The summed E-state index contributed by atoms with van der Waals surface area (Å²) in [6.45, 7) is 4.93. The number of carbonyl (C=O) groups excluding carboxylic acids is 3. The van der Waals surface area contributed by atoms with Crippen LogP contribution in [0.1, 0.15) is 12.5 Å². The van der Waals surface area contributed by atoms with E-state index in [0.717, 1.165) is 47.5 Å². The van der Waals surface area contributed by atoms with Gasteiger partial charge in [0, 0.05) is 26.2 Å². The van der Waals surface area contributed by atoms with E-state index in [1.807, 2.05) is 66.7 Å². The number of anilines is 2. The Hall–Kier alpha value is -3.91. The summed E-state index contributed by atoms with van der Waals surface area (Å²) >= 11 is 0. The first-order valence-electron chi connectivity index (χ1n) is 11.8. The number of hydrogen-bond acceptors (Lipinski definition) is 5. The van der Waals surface area contributed by atoms with E-state index in [2.05, 4.69) is 27.5 Å². The number of carbonyl (C=O) groups is 3. The van der Waals surface area contributed by atoms with Crippen molar-refractivity contribution in [3.63, 3.8) is 0 Å². The molecule has 5 rings (SSSR count). The topological polar surface area (TPSA) is 85.0 Å². The monoisotopic (exact) mass is 471 g/mol. The molecule has 0 spiro atoms. The average Bonchev–Trinajstić information content (AvgIpc) is 3.08. The first-order chi connectivity index (χ1) is 16.8. The normalized spacial score (nSPS) is 20.9. The molecule has 3 aromatic rings. The number of likely N-dealkylation sites (N-methyl/N-ethyl adjacent to an activating group) is 1. The minimum atomic E-state index is -1.24. The first kappa shape index (κ1) is 22.9. The Morgan fingerprint density at radius 2 is 1.63 bits per heavy atom. The highest BCUT2D eigenvalue weighted by Crippen LogP contribution is 2.31. The van der Waals surface area contributed by atoms with Crippen LogP contribution in [-0.2, 0) is 15.1 Å². The van der Waals surface area contributed by atoms with E-state index in [1.165, 1.54) is 0 Å². The number of amides is 4. The van der Waals surface area contributed by atoms with Gasteiger partial charge in [0.25, 0.3) is 5.91 Å². The summed E-state index contributed by atoms with van der Waals surface area (Å²) in [5.74, 6) is -0.863. The van der Waals surface area contributed by atoms with Crippen LogP contribution in [0.2, 0.25) is 0 Å². The molecule has 0 aromatic heterocycles. The number of piperazine rings is 1. The highest BCUT2D eigenvalue weighted by molar-refractivity contribution is 6.10. The highest BCUT2D eigenvalue weighted by Gasteiger charge is 2.49. The van der Waals surface area contributed by atoms with Crippen LogP contribution in [0.25, 0.3) is 10.8 Å². The van der Waals surface area contributed by atoms with E-state index < -0.39 is 23.4 Å². The first-order valence-corrected chi connectivity index (χ1v) is 11.8. The van der Waals surface area contributed by atoms with Crippen molar-refractivity contribution >= 4 is 40.0 Å². The van der Waals surface area contributed by atoms with Crippen LogP contribution in [0.3, 0.4) is 0 Å². The second-order valence-corrected chi connectivity index (χ2v) is 9.36. The molecule has 8 heteroatoms. The molecule has 2 heterocycles. The third-order valence-corrected chi connectivity index (χ3v) is 6.93. The maximum absolute atomic E-state index is 13.4. The minimum absolute atomic E-state index is 0.356. The summed E-state index contributed by atoms with van der Waals surface area (Å²) < 4.78 is 0. The SMILES string of the molecule is CN1CCN(c2ccccc2NC(=O)CN2C(=O)NC(C)(c3ccc4ccccc4c3)C2=O)CC1. The summed E-state index contributed by atoms with van der Waals surface area (Å²) in [5, 5.41) is 7.73. The van der Waals surface area contributed by atoms with Crippen LogP contribution in [0.5, 0.6) is 0 Å². The standard InChI is InChI=1S/C27H29N5O3/c1-27(21-12-11-19-7-3-4-8-20(19)17-21)25(34)32(26(35)29-27)18-24(33)28-22-9-5-6-10-23(22)31-15-13-30(2)14-16-31/h3-12,17H,13-16,18H2,1-2H3,(H,28,33)(H,29,35). The molecule has 2 aliphatic heterocycles. The Morgan fingerprint density at radius 3 is 2.40 bits per heavy atom. The molecule has 180 valence electrons. The Morgan fingerprint density at radius 1 is 0.943 bits per heavy atom. The van der Waals surface area contributed by atoms with Crippen molar-refractivity contribution in [2.24, 2.45) is 0 Å². The number of benzene rings is 3. The van der Waals surface area contributed by atoms with Crippen LogP contribution in [0.15, 0.2) is 66.7 Å². The van der Waals surface area contributed by atoms with Crippen molar-refractivity contribution in [3.05, 3.63) is 72.3 Å². The summed E-state index contributed by atoms with van der Waals surface area (Å²) in [7, 11) is 2.09. The number of rotatable bonds is 5. The lowest BCUT2D eigenvalue weighted by Crippen LogP contribution is -2.45. The van der Waals surface area contributed by atoms with Gasteiger partial charge in [-0.2, -0.15) is 0 Å². The Balaban J connectivity index is 1.31. The Labute approximate surface area is 204 Å². The molecular weight excluding hydrogens is 442 g/mol. The van der Waals surface area contributed by atoms with Gasteiger partial charge in [0.1, 0.15) is 12.1 Å². The van der Waals surface area contributed by atoms with Gasteiger partial charge in [-0.25, -0.2) is 4.79 Å². The molecule has 2 N–H and O–H groups in total. The zero-order valence-electron chi connectivity index (χ0n) is 20.0. The average molecular weight is 472 g/mol. The molecule has 8 nitrogen and oxygen atoms in total. The molecule has 2 fully saturated rings. The summed E-state index contributed by atoms with van der Waals surface area (Å²) in [6, 6.07) is 20.6. The Bertz CT molecular complexity index is 1300. The molecule has 3 aromatic carbocycles. The number of imide groups is 1. The van der Waals surface area contributed by atoms with Crippen molar-refractivity contribution in [3.8, 4) is 0 Å². The quantitative estimate of drug-likeness (QED) is 0.559. The molecule has 0 saturated carbocycles. The smallest absolute Gasteiger partial charge is 0.325 e. The van der Waals surface area contributed by atoms with Gasteiger partial charge >= 0.3 is 6.03 Å². The predicted molar refractivity (Wildman–Crippen MR) is 136 cm³/mol.